The Labute approximate surface area is 108 Å². The number of carbonyl (C=O) groups is 1. The van der Waals surface area contributed by atoms with Crippen LogP contribution in [0.1, 0.15) is 10.4 Å². The molecule has 0 amide bonds. The molecule has 0 heterocycles. The molecule has 98 valence electrons. The highest BCUT2D eigenvalue weighted by Gasteiger charge is 2.13. The molecule has 0 unspecified atom stereocenters. The molecule has 0 aromatic heterocycles. The van der Waals surface area contributed by atoms with Crippen molar-refractivity contribution in [1.82, 2.24) is 0 Å². The Bertz CT molecular complexity index is 637. The van der Waals surface area contributed by atoms with Gasteiger partial charge >= 0.3 is 5.97 Å². The number of carboxylic acids is 1. The van der Waals surface area contributed by atoms with Gasteiger partial charge in [-0.1, -0.05) is 6.07 Å². The third-order valence-electron chi connectivity index (χ3n) is 2.71. The van der Waals surface area contributed by atoms with Crippen LogP contribution in [0, 0.1) is 5.82 Å². The Hall–Kier alpha value is -2.56. The summed E-state index contributed by atoms with van der Waals surface area (Å²) in [5.74, 6) is -1.78. The van der Waals surface area contributed by atoms with Crippen LogP contribution in [0.3, 0.4) is 0 Å². The number of hydrogen-bond acceptors (Lipinski definition) is 3. The molecule has 0 spiro atoms. The molecule has 0 atom stereocenters. The van der Waals surface area contributed by atoms with E-state index in [0.717, 1.165) is 0 Å². The smallest absolute Gasteiger partial charge is 0.339 e. The van der Waals surface area contributed by atoms with E-state index >= 15 is 0 Å². The van der Waals surface area contributed by atoms with Crippen LogP contribution in [-0.4, -0.2) is 23.3 Å². The number of carboxylic acid groups (broad SMARTS) is 1. The topological polar surface area (TPSA) is 66.8 Å². The Morgan fingerprint density at radius 2 is 1.95 bits per heavy atom. The number of halogens is 1. The lowest BCUT2D eigenvalue weighted by Gasteiger charge is -2.07. The largest absolute Gasteiger partial charge is 0.507 e. The second kappa shape index (κ2) is 4.97. The molecule has 0 fully saturated rings. The van der Waals surface area contributed by atoms with E-state index in [2.05, 4.69) is 0 Å². The number of methoxy groups -OCH3 is 1. The van der Waals surface area contributed by atoms with Crippen LogP contribution >= 0.6 is 0 Å². The summed E-state index contributed by atoms with van der Waals surface area (Å²) in [6.45, 7) is 0. The Kier molecular flexibility index (Phi) is 3.37. The summed E-state index contributed by atoms with van der Waals surface area (Å²) in [4.78, 5) is 10.9. The summed E-state index contributed by atoms with van der Waals surface area (Å²) < 4.78 is 18.8. The molecule has 0 aliphatic heterocycles. The first kappa shape index (κ1) is 12.9. The molecule has 0 saturated carbocycles. The van der Waals surface area contributed by atoms with E-state index in [0.29, 0.717) is 11.3 Å². The van der Waals surface area contributed by atoms with Gasteiger partial charge in [0.05, 0.1) is 7.11 Å². The summed E-state index contributed by atoms with van der Waals surface area (Å²) in [5, 5.41) is 18.3. The standard InChI is InChI=1S/C14H11FO4/c1-19-9-3-4-10(12(15)7-9)8-2-5-13(16)11(6-8)14(17)18/h2-7,16H,1H3,(H,17,18). The third kappa shape index (κ3) is 2.49. The maximum Gasteiger partial charge on any atom is 0.339 e. The molecule has 2 aromatic carbocycles. The van der Waals surface area contributed by atoms with Crippen molar-refractivity contribution in [3.05, 3.63) is 47.8 Å². The van der Waals surface area contributed by atoms with Crippen LogP contribution in [0.25, 0.3) is 11.1 Å². The van der Waals surface area contributed by atoms with Crippen LogP contribution < -0.4 is 4.74 Å². The highest BCUT2D eigenvalue weighted by molar-refractivity contribution is 5.92. The van der Waals surface area contributed by atoms with Crippen LogP contribution in [0.4, 0.5) is 4.39 Å². The van der Waals surface area contributed by atoms with Crippen molar-refractivity contribution >= 4 is 5.97 Å². The molecule has 0 aliphatic carbocycles. The quantitative estimate of drug-likeness (QED) is 0.892. The van der Waals surface area contributed by atoms with Crippen molar-refractivity contribution in [3.63, 3.8) is 0 Å². The molecule has 2 aromatic rings. The van der Waals surface area contributed by atoms with Crippen molar-refractivity contribution in [3.8, 4) is 22.6 Å². The number of ether oxygens (including phenoxy) is 1. The Morgan fingerprint density at radius 3 is 2.53 bits per heavy atom. The minimum absolute atomic E-state index is 0.239. The average molecular weight is 262 g/mol. The van der Waals surface area contributed by atoms with E-state index in [1.165, 1.54) is 37.4 Å². The van der Waals surface area contributed by atoms with E-state index < -0.39 is 11.8 Å². The molecule has 0 saturated heterocycles. The number of aromatic hydroxyl groups is 1. The first-order valence-corrected chi connectivity index (χ1v) is 5.43. The Morgan fingerprint density at radius 1 is 1.21 bits per heavy atom. The van der Waals surface area contributed by atoms with E-state index in [1.807, 2.05) is 0 Å². The fourth-order valence-electron chi connectivity index (χ4n) is 1.73. The van der Waals surface area contributed by atoms with Gasteiger partial charge < -0.3 is 14.9 Å². The van der Waals surface area contributed by atoms with Crippen molar-refractivity contribution in [2.45, 2.75) is 0 Å². The zero-order chi connectivity index (χ0) is 14.0. The van der Waals surface area contributed by atoms with Crippen LogP contribution in [0.2, 0.25) is 0 Å². The molecule has 2 rings (SSSR count). The molecule has 0 aliphatic rings. The van der Waals surface area contributed by atoms with Gasteiger partial charge in [0.1, 0.15) is 22.9 Å². The van der Waals surface area contributed by atoms with Gasteiger partial charge in [-0.05, 0) is 29.8 Å². The molecule has 0 radical (unpaired) electrons. The first-order chi connectivity index (χ1) is 9.02. The van der Waals surface area contributed by atoms with E-state index in [1.54, 1.807) is 6.07 Å². The summed E-state index contributed by atoms with van der Waals surface area (Å²) in [5.41, 5.74) is 0.339. The van der Waals surface area contributed by atoms with Crippen LogP contribution in [0.15, 0.2) is 36.4 Å². The minimum Gasteiger partial charge on any atom is -0.507 e. The molecule has 2 N–H and O–H groups in total. The second-order valence-electron chi connectivity index (χ2n) is 3.88. The van der Waals surface area contributed by atoms with E-state index in [9.17, 15) is 14.3 Å². The maximum absolute atomic E-state index is 13.9. The molecular formula is C14H11FO4. The fraction of sp³-hybridized carbons (Fsp3) is 0.0714. The second-order valence-corrected chi connectivity index (χ2v) is 3.88. The molecule has 4 nitrogen and oxygen atoms in total. The lowest BCUT2D eigenvalue weighted by molar-refractivity contribution is 0.0694. The normalized spacial score (nSPS) is 10.2. The zero-order valence-electron chi connectivity index (χ0n) is 10.1. The van der Waals surface area contributed by atoms with Gasteiger partial charge in [0.15, 0.2) is 0 Å². The summed E-state index contributed by atoms with van der Waals surface area (Å²) in [7, 11) is 1.43. The molecular weight excluding hydrogens is 251 g/mol. The fourth-order valence-corrected chi connectivity index (χ4v) is 1.73. The minimum atomic E-state index is -1.27. The SMILES string of the molecule is COc1ccc(-c2ccc(O)c(C(=O)O)c2)c(F)c1. The first-order valence-electron chi connectivity index (χ1n) is 5.43. The molecule has 0 bridgehead atoms. The number of rotatable bonds is 3. The Balaban J connectivity index is 2.53. The van der Waals surface area contributed by atoms with E-state index in [-0.39, 0.29) is 16.9 Å². The van der Waals surface area contributed by atoms with Gasteiger partial charge in [-0.25, -0.2) is 9.18 Å². The van der Waals surface area contributed by atoms with Crippen LogP contribution in [0.5, 0.6) is 11.5 Å². The van der Waals surface area contributed by atoms with Gasteiger partial charge in [-0.3, -0.25) is 0 Å². The van der Waals surface area contributed by atoms with Crippen LogP contribution in [-0.2, 0) is 0 Å². The summed E-state index contributed by atoms with van der Waals surface area (Å²) >= 11 is 0. The highest BCUT2D eigenvalue weighted by Crippen LogP contribution is 2.29. The third-order valence-corrected chi connectivity index (χ3v) is 2.71. The lowest BCUT2D eigenvalue weighted by atomic mass is 10.0. The number of phenols is 1. The van der Waals surface area contributed by atoms with Gasteiger partial charge in [-0.2, -0.15) is 0 Å². The monoisotopic (exact) mass is 262 g/mol. The van der Waals surface area contributed by atoms with Gasteiger partial charge in [0, 0.05) is 11.6 Å². The van der Waals surface area contributed by atoms with Crippen molar-refractivity contribution in [1.29, 1.82) is 0 Å². The number of hydrogen-bond donors (Lipinski definition) is 2. The van der Waals surface area contributed by atoms with Gasteiger partial charge in [0.2, 0.25) is 0 Å². The van der Waals surface area contributed by atoms with Crippen molar-refractivity contribution < 1.29 is 24.1 Å². The van der Waals surface area contributed by atoms with Crippen molar-refractivity contribution in [2.24, 2.45) is 0 Å². The van der Waals surface area contributed by atoms with Gasteiger partial charge in [-0.15, -0.1) is 0 Å². The summed E-state index contributed by atoms with van der Waals surface area (Å²) in [6.07, 6.45) is 0. The predicted molar refractivity (Wildman–Crippen MR) is 67.0 cm³/mol. The molecule has 19 heavy (non-hydrogen) atoms. The average Bonchev–Trinajstić information content (AvgIpc) is 2.39. The van der Waals surface area contributed by atoms with E-state index in [4.69, 9.17) is 9.84 Å². The zero-order valence-corrected chi connectivity index (χ0v) is 10.1. The lowest BCUT2D eigenvalue weighted by Crippen LogP contribution is -1.97. The van der Waals surface area contributed by atoms with Gasteiger partial charge in [0.25, 0.3) is 0 Å². The predicted octanol–water partition coefficient (Wildman–Crippen LogP) is 2.91. The summed E-state index contributed by atoms with van der Waals surface area (Å²) in [6, 6.07) is 8.18. The number of benzene rings is 2. The molecule has 5 heteroatoms. The highest BCUT2D eigenvalue weighted by atomic mass is 19.1. The number of aromatic carboxylic acids is 1. The van der Waals surface area contributed by atoms with Crippen molar-refractivity contribution in [2.75, 3.05) is 7.11 Å². The maximum atomic E-state index is 13.9.